The number of aromatic nitrogens is 1. The van der Waals surface area contributed by atoms with Crippen molar-refractivity contribution in [3.63, 3.8) is 0 Å². The molecule has 136 valence electrons. The number of fused-ring (bicyclic) bond motifs is 1. The van der Waals surface area contributed by atoms with Gasteiger partial charge in [0.05, 0.1) is 16.8 Å². The van der Waals surface area contributed by atoms with E-state index >= 15 is 0 Å². The van der Waals surface area contributed by atoms with E-state index in [-0.39, 0.29) is 5.91 Å². The first-order chi connectivity index (χ1) is 12.6. The number of amides is 1. The van der Waals surface area contributed by atoms with Crippen LogP contribution in [0.4, 0.5) is 5.69 Å². The van der Waals surface area contributed by atoms with Gasteiger partial charge in [-0.3, -0.25) is 4.79 Å². The highest BCUT2D eigenvalue weighted by Crippen LogP contribution is 2.17. The molecular formula is C20H23N3O2S. The zero-order valence-corrected chi connectivity index (χ0v) is 16.1. The van der Waals surface area contributed by atoms with Crippen molar-refractivity contribution in [1.82, 2.24) is 4.57 Å². The number of ether oxygens (including phenoxy) is 1. The smallest absolute Gasteiger partial charge is 0.279 e. The summed E-state index contributed by atoms with van der Waals surface area (Å²) in [7, 11) is 3.94. The van der Waals surface area contributed by atoms with Crippen LogP contribution in [0.25, 0.3) is 10.2 Å². The molecule has 0 fully saturated rings. The summed E-state index contributed by atoms with van der Waals surface area (Å²) in [6.07, 6.45) is 0. The molecule has 0 atom stereocenters. The van der Waals surface area contributed by atoms with Crippen molar-refractivity contribution in [2.75, 3.05) is 32.2 Å². The predicted octanol–water partition coefficient (Wildman–Crippen LogP) is 3.55. The van der Waals surface area contributed by atoms with Gasteiger partial charge in [0, 0.05) is 38.5 Å². The molecule has 0 spiro atoms. The van der Waals surface area contributed by atoms with E-state index in [1.54, 1.807) is 0 Å². The third kappa shape index (κ3) is 4.03. The van der Waals surface area contributed by atoms with Crippen LogP contribution in [0, 0.1) is 0 Å². The number of anilines is 1. The number of carbonyl (C=O) groups is 1. The largest absolute Gasteiger partial charge is 0.380 e. The molecule has 0 aliphatic carbocycles. The molecule has 1 heterocycles. The zero-order valence-electron chi connectivity index (χ0n) is 15.3. The van der Waals surface area contributed by atoms with E-state index in [0.717, 1.165) is 15.9 Å². The lowest BCUT2D eigenvalue weighted by atomic mass is 10.2. The van der Waals surface area contributed by atoms with Crippen molar-refractivity contribution < 1.29 is 9.53 Å². The highest BCUT2D eigenvalue weighted by molar-refractivity contribution is 7.16. The van der Waals surface area contributed by atoms with Crippen LogP contribution in [0.15, 0.2) is 53.5 Å². The topological polar surface area (TPSA) is 46.8 Å². The second kappa shape index (κ2) is 8.29. The van der Waals surface area contributed by atoms with Crippen LogP contribution in [-0.4, -0.2) is 37.8 Å². The van der Waals surface area contributed by atoms with E-state index < -0.39 is 0 Å². The molecule has 1 amide bonds. The summed E-state index contributed by atoms with van der Waals surface area (Å²) in [5.41, 5.74) is 2.71. The Morgan fingerprint density at radius 3 is 2.58 bits per heavy atom. The van der Waals surface area contributed by atoms with E-state index in [2.05, 4.69) is 9.56 Å². The van der Waals surface area contributed by atoms with Crippen molar-refractivity contribution in [2.45, 2.75) is 13.5 Å². The molecule has 0 saturated carbocycles. The van der Waals surface area contributed by atoms with Gasteiger partial charge in [0.25, 0.3) is 5.91 Å². The highest BCUT2D eigenvalue weighted by atomic mass is 32.1. The van der Waals surface area contributed by atoms with Gasteiger partial charge in [0.15, 0.2) is 4.80 Å². The molecule has 0 saturated heterocycles. The first-order valence-electron chi connectivity index (χ1n) is 8.62. The second-order valence-corrected chi connectivity index (χ2v) is 7.07. The normalized spacial score (nSPS) is 11.9. The molecule has 0 aliphatic heterocycles. The average molecular weight is 369 g/mol. The molecule has 6 heteroatoms. The summed E-state index contributed by atoms with van der Waals surface area (Å²) in [5, 5.41) is 0. The lowest BCUT2D eigenvalue weighted by Crippen LogP contribution is -2.19. The van der Waals surface area contributed by atoms with Crippen LogP contribution in [-0.2, 0) is 11.3 Å². The third-order valence-corrected chi connectivity index (χ3v) is 5.14. The molecule has 3 rings (SSSR count). The van der Waals surface area contributed by atoms with Gasteiger partial charge < -0.3 is 14.2 Å². The number of hydrogen-bond donors (Lipinski definition) is 0. The number of hydrogen-bond acceptors (Lipinski definition) is 4. The van der Waals surface area contributed by atoms with Crippen molar-refractivity contribution >= 4 is 33.1 Å². The molecule has 3 aromatic rings. The Morgan fingerprint density at radius 1 is 1.15 bits per heavy atom. The number of thiazole rings is 1. The Bertz CT molecular complexity index is 955. The Labute approximate surface area is 157 Å². The van der Waals surface area contributed by atoms with E-state index in [1.807, 2.05) is 74.4 Å². The van der Waals surface area contributed by atoms with Crippen molar-refractivity contribution in [1.29, 1.82) is 0 Å². The molecule has 26 heavy (non-hydrogen) atoms. The van der Waals surface area contributed by atoms with Crippen LogP contribution < -0.4 is 9.70 Å². The second-order valence-electron chi connectivity index (χ2n) is 6.06. The standard InChI is InChI=1S/C20H23N3O2S/c1-4-25-14-13-23-17-7-5-6-8-18(17)26-20(23)21-19(24)15-9-11-16(12-10-15)22(2)3/h5-12H,4,13-14H2,1-3H3. The fourth-order valence-electron chi connectivity index (χ4n) is 2.68. The van der Waals surface area contributed by atoms with Gasteiger partial charge in [-0.25, -0.2) is 0 Å². The average Bonchev–Trinajstić information content (AvgIpc) is 2.99. The first kappa shape index (κ1) is 18.4. The Kier molecular flexibility index (Phi) is 5.85. The molecule has 0 aliphatic rings. The van der Waals surface area contributed by atoms with Crippen LogP contribution in [0.1, 0.15) is 17.3 Å². The number of rotatable bonds is 6. The van der Waals surface area contributed by atoms with E-state index in [1.165, 1.54) is 11.3 Å². The number of benzene rings is 2. The summed E-state index contributed by atoms with van der Waals surface area (Å²) >= 11 is 1.52. The SMILES string of the molecule is CCOCCn1c(=NC(=O)c2ccc(N(C)C)cc2)sc2ccccc21. The summed E-state index contributed by atoms with van der Waals surface area (Å²) < 4.78 is 8.66. The van der Waals surface area contributed by atoms with Gasteiger partial charge in [0.1, 0.15) is 0 Å². The number of para-hydroxylation sites is 1. The molecule has 0 N–H and O–H groups in total. The molecule has 0 bridgehead atoms. The Balaban J connectivity index is 1.97. The van der Waals surface area contributed by atoms with E-state index in [0.29, 0.717) is 30.1 Å². The molecule has 1 aromatic heterocycles. The maximum Gasteiger partial charge on any atom is 0.279 e. The maximum absolute atomic E-state index is 12.6. The lowest BCUT2D eigenvalue weighted by Gasteiger charge is -2.11. The highest BCUT2D eigenvalue weighted by Gasteiger charge is 2.09. The minimum absolute atomic E-state index is 0.230. The van der Waals surface area contributed by atoms with Crippen molar-refractivity contribution in [3.05, 3.63) is 58.9 Å². The fourth-order valence-corrected chi connectivity index (χ4v) is 3.73. The Hall–Kier alpha value is -2.44. The molecule has 2 aromatic carbocycles. The summed E-state index contributed by atoms with van der Waals surface area (Å²) in [4.78, 5) is 19.7. The number of carbonyl (C=O) groups excluding carboxylic acids is 1. The maximum atomic E-state index is 12.6. The van der Waals surface area contributed by atoms with Crippen LogP contribution in [0.3, 0.4) is 0 Å². The third-order valence-electron chi connectivity index (χ3n) is 4.08. The van der Waals surface area contributed by atoms with Crippen molar-refractivity contribution in [2.24, 2.45) is 4.99 Å². The summed E-state index contributed by atoms with van der Waals surface area (Å²) in [6, 6.07) is 15.6. The van der Waals surface area contributed by atoms with Gasteiger partial charge in [0.2, 0.25) is 0 Å². The summed E-state index contributed by atoms with van der Waals surface area (Å²) in [5.74, 6) is -0.230. The van der Waals surface area contributed by atoms with E-state index in [9.17, 15) is 4.79 Å². The Morgan fingerprint density at radius 2 is 1.88 bits per heavy atom. The van der Waals surface area contributed by atoms with Crippen molar-refractivity contribution in [3.8, 4) is 0 Å². The van der Waals surface area contributed by atoms with E-state index in [4.69, 9.17) is 4.74 Å². The molecular weight excluding hydrogens is 346 g/mol. The van der Waals surface area contributed by atoms with Crippen LogP contribution in [0.5, 0.6) is 0 Å². The first-order valence-corrected chi connectivity index (χ1v) is 9.44. The number of nitrogens with zero attached hydrogens (tertiary/aromatic N) is 3. The predicted molar refractivity (Wildman–Crippen MR) is 107 cm³/mol. The molecule has 5 nitrogen and oxygen atoms in total. The van der Waals surface area contributed by atoms with Gasteiger partial charge in [-0.15, -0.1) is 0 Å². The van der Waals surface area contributed by atoms with Gasteiger partial charge >= 0.3 is 0 Å². The fraction of sp³-hybridized carbons (Fsp3) is 0.300. The minimum atomic E-state index is -0.230. The summed E-state index contributed by atoms with van der Waals surface area (Å²) in [6.45, 7) is 3.91. The molecule has 0 radical (unpaired) electrons. The zero-order chi connectivity index (χ0) is 18.5. The van der Waals surface area contributed by atoms with Crippen LogP contribution in [0.2, 0.25) is 0 Å². The monoisotopic (exact) mass is 369 g/mol. The van der Waals surface area contributed by atoms with Gasteiger partial charge in [-0.1, -0.05) is 23.5 Å². The quantitative estimate of drug-likeness (QED) is 0.624. The molecule has 0 unspecified atom stereocenters. The van der Waals surface area contributed by atoms with Gasteiger partial charge in [-0.05, 0) is 43.3 Å². The van der Waals surface area contributed by atoms with Crippen LogP contribution >= 0.6 is 11.3 Å². The lowest BCUT2D eigenvalue weighted by molar-refractivity contribution is 0.0996. The minimum Gasteiger partial charge on any atom is -0.380 e. The van der Waals surface area contributed by atoms with Gasteiger partial charge in [-0.2, -0.15) is 4.99 Å².